The number of hydrogen-bond acceptors (Lipinski definition) is 4. The van der Waals surface area contributed by atoms with Crippen molar-refractivity contribution in [2.75, 3.05) is 26.4 Å². The van der Waals surface area contributed by atoms with Gasteiger partial charge in [-0.3, -0.25) is 0 Å². The van der Waals surface area contributed by atoms with Gasteiger partial charge in [0.05, 0.1) is 18.8 Å². The molecule has 0 aromatic carbocycles. The highest BCUT2D eigenvalue weighted by molar-refractivity contribution is 4.85. The van der Waals surface area contributed by atoms with Crippen LogP contribution in [0.15, 0.2) is 0 Å². The van der Waals surface area contributed by atoms with E-state index in [1.54, 1.807) is 0 Å². The lowest BCUT2D eigenvalue weighted by Gasteiger charge is -2.30. The molecule has 2 saturated heterocycles. The van der Waals surface area contributed by atoms with Gasteiger partial charge in [-0.1, -0.05) is 0 Å². The first-order valence-electron chi connectivity index (χ1n) is 6.71. The smallest absolute Gasteiger partial charge is 0.191 e. The largest absolute Gasteiger partial charge is 0.396 e. The van der Waals surface area contributed by atoms with Crippen molar-refractivity contribution in [3.8, 4) is 0 Å². The van der Waals surface area contributed by atoms with Gasteiger partial charge in [-0.15, -0.1) is 0 Å². The van der Waals surface area contributed by atoms with E-state index in [0.29, 0.717) is 19.8 Å². The van der Waals surface area contributed by atoms with Crippen LogP contribution in [0.5, 0.6) is 0 Å². The van der Waals surface area contributed by atoms with Gasteiger partial charge in [0.25, 0.3) is 0 Å². The topological polar surface area (TPSA) is 47.9 Å². The molecule has 1 N–H and O–H groups in total. The number of unbranched alkanes of at least 4 members (excludes halogenated alkanes) is 1. The predicted octanol–water partition coefficient (Wildman–Crippen LogP) is 1.85. The zero-order valence-electron chi connectivity index (χ0n) is 10.7. The third kappa shape index (κ3) is 3.41. The standard InChI is InChI=1S/C13H24O4/c1-12(5-2-3-8-14)6-4-7-13(11-17-12)15-9-10-16-13/h14H,2-11H2,1H3. The van der Waals surface area contributed by atoms with Crippen LogP contribution in [-0.4, -0.2) is 42.9 Å². The maximum atomic E-state index is 8.82. The summed E-state index contributed by atoms with van der Waals surface area (Å²) in [6, 6.07) is 0. The van der Waals surface area contributed by atoms with E-state index in [1.807, 2.05) is 0 Å². The van der Waals surface area contributed by atoms with Crippen molar-refractivity contribution >= 4 is 0 Å². The van der Waals surface area contributed by atoms with Crippen molar-refractivity contribution in [2.24, 2.45) is 0 Å². The van der Waals surface area contributed by atoms with Gasteiger partial charge in [0, 0.05) is 13.0 Å². The Morgan fingerprint density at radius 3 is 2.53 bits per heavy atom. The average molecular weight is 244 g/mol. The molecule has 2 rings (SSSR count). The van der Waals surface area contributed by atoms with Crippen LogP contribution in [0.4, 0.5) is 0 Å². The third-order valence-electron chi connectivity index (χ3n) is 3.83. The molecule has 1 spiro atoms. The lowest BCUT2D eigenvalue weighted by Crippen LogP contribution is -2.37. The number of ether oxygens (including phenoxy) is 3. The van der Waals surface area contributed by atoms with Crippen molar-refractivity contribution in [1.82, 2.24) is 0 Å². The van der Waals surface area contributed by atoms with E-state index in [0.717, 1.165) is 38.5 Å². The zero-order chi connectivity index (χ0) is 12.2. The normalized spacial score (nSPS) is 32.8. The lowest BCUT2D eigenvalue weighted by atomic mass is 9.93. The van der Waals surface area contributed by atoms with Crippen molar-refractivity contribution in [2.45, 2.75) is 56.8 Å². The summed E-state index contributed by atoms with van der Waals surface area (Å²) in [6.07, 6.45) is 5.94. The summed E-state index contributed by atoms with van der Waals surface area (Å²) in [5.41, 5.74) is -0.0754. The van der Waals surface area contributed by atoms with Crippen LogP contribution in [0, 0.1) is 0 Å². The van der Waals surface area contributed by atoms with Crippen LogP contribution in [0.3, 0.4) is 0 Å². The number of hydrogen-bond donors (Lipinski definition) is 1. The number of aliphatic hydroxyl groups is 1. The minimum atomic E-state index is -0.464. The molecule has 2 aliphatic rings. The highest BCUT2D eigenvalue weighted by Gasteiger charge is 2.42. The Labute approximate surface area is 103 Å². The van der Waals surface area contributed by atoms with E-state index in [-0.39, 0.29) is 12.2 Å². The Kier molecular flexibility index (Phi) is 4.42. The highest BCUT2D eigenvalue weighted by Crippen LogP contribution is 2.36. The zero-order valence-corrected chi connectivity index (χ0v) is 10.7. The number of aliphatic hydroxyl groups excluding tert-OH is 1. The fourth-order valence-electron chi connectivity index (χ4n) is 2.69. The summed E-state index contributed by atoms with van der Waals surface area (Å²) >= 11 is 0. The average Bonchev–Trinajstić information content (AvgIpc) is 2.70. The molecule has 2 heterocycles. The molecule has 0 aliphatic carbocycles. The Morgan fingerprint density at radius 1 is 1.06 bits per heavy atom. The van der Waals surface area contributed by atoms with Gasteiger partial charge in [-0.25, -0.2) is 0 Å². The monoisotopic (exact) mass is 244 g/mol. The van der Waals surface area contributed by atoms with Crippen LogP contribution in [-0.2, 0) is 14.2 Å². The Hall–Kier alpha value is -0.160. The van der Waals surface area contributed by atoms with E-state index in [1.165, 1.54) is 0 Å². The summed E-state index contributed by atoms with van der Waals surface area (Å²) in [7, 11) is 0. The van der Waals surface area contributed by atoms with Crippen molar-refractivity contribution in [3.05, 3.63) is 0 Å². The molecule has 0 bridgehead atoms. The van der Waals surface area contributed by atoms with Gasteiger partial charge in [0.1, 0.15) is 6.61 Å². The fourth-order valence-corrected chi connectivity index (χ4v) is 2.69. The Balaban J connectivity index is 1.85. The Morgan fingerprint density at radius 2 is 1.82 bits per heavy atom. The van der Waals surface area contributed by atoms with E-state index in [2.05, 4.69) is 6.92 Å². The van der Waals surface area contributed by atoms with Crippen molar-refractivity contribution in [3.63, 3.8) is 0 Å². The quantitative estimate of drug-likeness (QED) is 0.767. The van der Waals surface area contributed by atoms with Crippen molar-refractivity contribution < 1.29 is 19.3 Å². The van der Waals surface area contributed by atoms with E-state index in [4.69, 9.17) is 19.3 Å². The lowest BCUT2D eigenvalue weighted by molar-refractivity contribution is -0.208. The van der Waals surface area contributed by atoms with E-state index in [9.17, 15) is 0 Å². The molecule has 0 saturated carbocycles. The summed E-state index contributed by atoms with van der Waals surface area (Å²) < 4.78 is 17.4. The van der Waals surface area contributed by atoms with Crippen LogP contribution >= 0.6 is 0 Å². The molecular formula is C13H24O4. The Bertz CT molecular complexity index is 238. The molecule has 0 radical (unpaired) electrons. The second kappa shape index (κ2) is 5.65. The molecule has 0 aromatic heterocycles. The first-order valence-corrected chi connectivity index (χ1v) is 6.71. The molecule has 1 atom stereocenters. The summed E-state index contributed by atoms with van der Waals surface area (Å²) in [4.78, 5) is 0. The molecule has 4 heteroatoms. The molecule has 0 amide bonds. The maximum Gasteiger partial charge on any atom is 0.191 e. The first kappa shape index (κ1) is 13.3. The van der Waals surface area contributed by atoms with Gasteiger partial charge in [-0.2, -0.15) is 0 Å². The van der Waals surface area contributed by atoms with Crippen LogP contribution in [0.1, 0.15) is 45.4 Å². The minimum absolute atomic E-state index is 0.0754. The minimum Gasteiger partial charge on any atom is -0.396 e. The second-order valence-electron chi connectivity index (χ2n) is 5.38. The van der Waals surface area contributed by atoms with Gasteiger partial charge in [0.15, 0.2) is 5.79 Å². The fraction of sp³-hybridized carbons (Fsp3) is 1.00. The van der Waals surface area contributed by atoms with Gasteiger partial charge in [0.2, 0.25) is 0 Å². The van der Waals surface area contributed by atoms with Crippen LogP contribution < -0.4 is 0 Å². The SMILES string of the molecule is CC1(CCCCO)CCCC2(CO1)OCCO2. The molecule has 17 heavy (non-hydrogen) atoms. The molecule has 2 aliphatic heterocycles. The maximum absolute atomic E-state index is 8.82. The molecular weight excluding hydrogens is 220 g/mol. The molecule has 4 nitrogen and oxygen atoms in total. The van der Waals surface area contributed by atoms with Crippen molar-refractivity contribution in [1.29, 1.82) is 0 Å². The summed E-state index contributed by atoms with van der Waals surface area (Å²) in [5, 5.41) is 8.82. The summed E-state index contributed by atoms with van der Waals surface area (Å²) in [5.74, 6) is -0.464. The molecule has 1 unspecified atom stereocenters. The predicted molar refractivity (Wildman–Crippen MR) is 63.8 cm³/mol. The van der Waals surface area contributed by atoms with Gasteiger partial charge < -0.3 is 19.3 Å². The van der Waals surface area contributed by atoms with E-state index < -0.39 is 5.79 Å². The molecule has 2 fully saturated rings. The first-order chi connectivity index (χ1) is 8.18. The molecule has 100 valence electrons. The third-order valence-corrected chi connectivity index (χ3v) is 3.83. The highest BCUT2D eigenvalue weighted by atomic mass is 16.8. The number of rotatable bonds is 4. The van der Waals surface area contributed by atoms with Gasteiger partial charge in [-0.05, 0) is 39.0 Å². The van der Waals surface area contributed by atoms with Crippen LogP contribution in [0.2, 0.25) is 0 Å². The van der Waals surface area contributed by atoms with Gasteiger partial charge >= 0.3 is 0 Å². The van der Waals surface area contributed by atoms with E-state index >= 15 is 0 Å². The van der Waals surface area contributed by atoms with Crippen LogP contribution in [0.25, 0.3) is 0 Å². The summed E-state index contributed by atoms with van der Waals surface area (Å²) in [6.45, 7) is 4.35. The second-order valence-corrected chi connectivity index (χ2v) is 5.38. The molecule has 0 aromatic rings.